The molecule has 166 valence electrons. The van der Waals surface area contributed by atoms with Gasteiger partial charge in [0.2, 0.25) is 5.95 Å². The molecule has 2 heterocycles. The van der Waals surface area contributed by atoms with Crippen molar-refractivity contribution in [2.75, 3.05) is 28.8 Å². The zero-order valence-electron chi connectivity index (χ0n) is 17.2. The monoisotopic (exact) mass is 452 g/mol. The zero-order valence-corrected chi connectivity index (χ0v) is 18.0. The quantitative estimate of drug-likeness (QED) is 0.614. The van der Waals surface area contributed by atoms with Gasteiger partial charge in [0.1, 0.15) is 5.69 Å². The highest BCUT2D eigenvalue weighted by molar-refractivity contribution is 8.00. The molecule has 1 aliphatic carbocycles. The molecule has 1 aromatic carbocycles. The van der Waals surface area contributed by atoms with Gasteiger partial charge in [-0.2, -0.15) is 18.2 Å². The SMILES string of the molecule is CCN1C(=O)N(C)c2cnc(Nc3cccc(SC(F)(F)F)c3)nc2N1C1CCCC1. The molecule has 0 spiro atoms. The standard InChI is InChI=1S/C20H23F3N6OS/c1-3-28-19(30)27(2)16-12-24-18(26-17(16)29(28)14-8-4-5-9-14)25-13-7-6-10-15(11-13)31-20(21,22)23/h6-7,10-12,14H,3-5,8-9H2,1-2H3,(H,24,25,26). The van der Waals surface area contributed by atoms with Gasteiger partial charge >= 0.3 is 11.5 Å². The van der Waals surface area contributed by atoms with Gasteiger partial charge in [-0.3, -0.25) is 9.91 Å². The van der Waals surface area contributed by atoms with Gasteiger partial charge in [0, 0.05) is 24.2 Å². The Morgan fingerprint density at radius 1 is 1.26 bits per heavy atom. The summed E-state index contributed by atoms with van der Waals surface area (Å²) in [4.78, 5) is 23.4. The fourth-order valence-electron chi connectivity index (χ4n) is 4.02. The van der Waals surface area contributed by atoms with Crippen LogP contribution in [0.15, 0.2) is 35.4 Å². The number of urea groups is 1. The summed E-state index contributed by atoms with van der Waals surface area (Å²) < 4.78 is 38.1. The van der Waals surface area contributed by atoms with Crippen LogP contribution in [0.2, 0.25) is 0 Å². The Bertz CT molecular complexity index is 966. The summed E-state index contributed by atoms with van der Waals surface area (Å²) >= 11 is -0.171. The van der Waals surface area contributed by atoms with Crippen LogP contribution in [-0.2, 0) is 0 Å². The van der Waals surface area contributed by atoms with Crippen molar-refractivity contribution in [3.05, 3.63) is 30.5 Å². The molecule has 0 bridgehead atoms. The van der Waals surface area contributed by atoms with E-state index in [9.17, 15) is 18.0 Å². The third-order valence-electron chi connectivity index (χ3n) is 5.39. The summed E-state index contributed by atoms with van der Waals surface area (Å²) in [5.41, 5.74) is -3.30. The fourth-order valence-corrected chi connectivity index (χ4v) is 4.62. The van der Waals surface area contributed by atoms with Gasteiger partial charge in [0.05, 0.1) is 12.2 Å². The Labute approximate surface area is 182 Å². The highest BCUT2D eigenvalue weighted by Gasteiger charge is 2.39. The first-order valence-corrected chi connectivity index (χ1v) is 10.9. The molecule has 31 heavy (non-hydrogen) atoms. The van der Waals surface area contributed by atoms with E-state index in [1.54, 1.807) is 30.4 Å². The maximum absolute atomic E-state index is 12.9. The van der Waals surface area contributed by atoms with Gasteiger partial charge < -0.3 is 5.32 Å². The van der Waals surface area contributed by atoms with Crippen molar-refractivity contribution < 1.29 is 18.0 Å². The first-order valence-electron chi connectivity index (χ1n) is 10.1. The number of amides is 2. The largest absolute Gasteiger partial charge is 0.446 e. The number of aromatic nitrogens is 2. The van der Waals surface area contributed by atoms with E-state index >= 15 is 0 Å². The topological polar surface area (TPSA) is 64.6 Å². The highest BCUT2D eigenvalue weighted by Crippen LogP contribution is 2.40. The number of benzene rings is 1. The van der Waals surface area contributed by atoms with Crippen LogP contribution in [0, 0.1) is 0 Å². The number of halogens is 3. The number of carbonyl (C=O) groups is 1. The van der Waals surface area contributed by atoms with Crippen molar-refractivity contribution in [3.63, 3.8) is 0 Å². The van der Waals surface area contributed by atoms with Gasteiger partial charge in [0.25, 0.3) is 0 Å². The van der Waals surface area contributed by atoms with Crippen molar-refractivity contribution in [3.8, 4) is 0 Å². The molecule has 0 saturated heterocycles. The lowest BCUT2D eigenvalue weighted by molar-refractivity contribution is -0.0328. The minimum absolute atomic E-state index is 0.0746. The second kappa shape index (κ2) is 8.45. The smallest absolute Gasteiger partial charge is 0.324 e. The summed E-state index contributed by atoms with van der Waals surface area (Å²) in [6.45, 7) is 2.42. The molecule has 1 N–H and O–H groups in total. The Kier molecular flexibility index (Phi) is 5.87. The summed E-state index contributed by atoms with van der Waals surface area (Å²) in [6, 6.07) is 6.05. The number of carbonyl (C=O) groups excluding carboxylic acids is 1. The molecule has 4 rings (SSSR count). The molecule has 1 aromatic heterocycles. The summed E-state index contributed by atoms with van der Waals surface area (Å²) in [7, 11) is 1.68. The first-order chi connectivity index (χ1) is 14.8. The van der Waals surface area contributed by atoms with Crippen molar-refractivity contribution >= 4 is 40.9 Å². The second-order valence-corrected chi connectivity index (χ2v) is 8.58. The van der Waals surface area contributed by atoms with E-state index in [0.717, 1.165) is 25.7 Å². The Hall–Kier alpha value is -2.69. The number of thioether (sulfide) groups is 1. The molecule has 0 unspecified atom stereocenters. The molecule has 7 nitrogen and oxygen atoms in total. The van der Waals surface area contributed by atoms with Crippen molar-refractivity contribution in [1.82, 2.24) is 15.0 Å². The number of anilines is 4. The van der Waals surface area contributed by atoms with E-state index < -0.39 is 5.51 Å². The molecule has 0 radical (unpaired) electrons. The molecule has 1 aliphatic heterocycles. The predicted molar refractivity (Wildman–Crippen MR) is 115 cm³/mol. The average Bonchev–Trinajstić information content (AvgIpc) is 3.23. The predicted octanol–water partition coefficient (Wildman–Crippen LogP) is 5.39. The number of nitrogens with zero attached hydrogens (tertiary/aromatic N) is 5. The van der Waals surface area contributed by atoms with Gasteiger partial charge in [-0.05, 0) is 49.7 Å². The number of fused-ring (bicyclic) bond motifs is 1. The van der Waals surface area contributed by atoms with Crippen LogP contribution >= 0.6 is 11.8 Å². The zero-order chi connectivity index (χ0) is 22.2. The molecular weight excluding hydrogens is 429 g/mol. The lowest BCUT2D eigenvalue weighted by Crippen LogP contribution is -2.59. The van der Waals surface area contributed by atoms with E-state index in [-0.39, 0.29) is 34.7 Å². The fraction of sp³-hybridized carbons (Fsp3) is 0.450. The number of hydrazine groups is 1. The molecule has 2 amide bonds. The van der Waals surface area contributed by atoms with Crippen molar-refractivity contribution in [2.45, 2.75) is 49.1 Å². The summed E-state index contributed by atoms with van der Waals surface area (Å²) in [5.74, 6) is 0.879. The van der Waals surface area contributed by atoms with Crippen LogP contribution in [0.4, 0.5) is 41.1 Å². The third kappa shape index (κ3) is 4.51. The Balaban J connectivity index is 1.66. The van der Waals surface area contributed by atoms with Crippen LogP contribution in [-0.4, -0.2) is 46.2 Å². The first kappa shape index (κ1) is 21.5. The van der Waals surface area contributed by atoms with E-state index in [2.05, 4.69) is 15.3 Å². The second-order valence-electron chi connectivity index (χ2n) is 7.44. The van der Waals surface area contributed by atoms with E-state index in [1.807, 2.05) is 11.9 Å². The van der Waals surface area contributed by atoms with Gasteiger partial charge in [0.15, 0.2) is 5.82 Å². The van der Waals surface area contributed by atoms with Crippen molar-refractivity contribution in [2.24, 2.45) is 0 Å². The van der Waals surface area contributed by atoms with E-state index in [4.69, 9.17) is 0 Å². The van der Waals surface area contributed by atoms with Crippen LogP contribution < -0.4 is 15.2 Å². The minimum atomic E-state index is -4.36. The number of nitrogens with one attached hydrogen (secondary N) is 1. The Morgan fingerprint density at radius 2 is 2.00 bits per heavy atom. The summed E-state index contributed by atoms with van der Waals surface area (Å²) in [5, 5.41) is 6.65. The molecule has 1 fully saturated rings. The molecule has 2 aromatic rings. The molecule has 11 heteroatoms. The molecule has 2 aliphatic rings. The molecule has 0 atom stereocenters. The van der Waals surface area contributed by atoms with E-state index in [0.29, 0.717) is 23.7 Å². The highest BCUT2D eigenvalue weighted by atomic mass is 32.2. The molecular formula is C20H23F3N6OS. The third-order valence-corrected chi connectivity index (χ3v) is 6.11. The average molecular weight is 453 g/mol. The minimum Gasteiger partial charge on any atom is -0.324 e. The van der Waals surface area contributed by atoms with Crippen LogP contribution in [0.25, 0.3) is 0 Å². The molecule has 1 saturated carbocycles. The lowest BCUT2D eigenvalue weighted by atomic mass is 10.2. The number of hydrogen-bond acceptors (Lipinski definition) is 6. The number of alkyl halides is 3. The number of hydrogen-bond donors (Lipinski definition) is 1. The van der Waals surface area contributed by atoms with E-state index in [1.165, 1.54) is 17.0 Å². The maximum Gasteiger partial charge on any atom is 0.446 e. The van der Waals surface area contributed by atoms with Crippen molar-refractivity contribution in [1.29, 1.82) is 0 Å². The summed E-state index contributed by atoms with van der Waals surface area (Å²) in [6.07, 6.45) is 5.70. The van der Waals surface area contributed by atoms with Gasteiger partial charge in [-0.15, -0.1) is 0 Å². The van der Waals surface area contributed by atoms with Gasteiger partial charge in [-0.25, -0.2) is 14.8 Å². The van der Waals surface area contributed by atoms with Crippen LogP contribution in [0.5, 0.6) is 0 Å². The number of rotatable bonds is 5. The maximum atomic E-state index is 12.9. The Morgan fingerprint density at radius 3 is 2.68 bits per heavy atom. The lowest BCUT2D eigenvalue weighted by Gasteiger charge is -2.45. The van der Waals surface area contributed by atoms with Gasteiger partial charge in [-0.1, -0.05) is 18.9 Å². The van der Waals surface area contributed by atoms with Crippen LogP contribution in [0.1, 0.15) is 32.6 Å². The van der Waals surface area contributed by atoms with Crippen LogP contribution in [0.3, 0.4) is 0 Å². The normalized spacial score (nSPS) is 17.3.